The van der Waals surface area contributed by atoms with E-state index in [1.165, 1.54) is 12.1 Å². The van der Waals surface area contributed by atoms with Gasteiger partial charge in [-0.15, -0.1) is 0 Å². The standard InChI is InChI=1S/C15H20N2O3/c1-11(2)9-10-16(13-7-8-13)15(18)12-3-5-14(6-4-12)17(19)20/h3-6,11,13H,7-10H2,1-2H3. The zero-order valence-corrected chi connectivity index (χ0v) is 11.9. The maximum atomic E-state index is 12.5. The zero-order valence-electron chi connectivity index (χ0n) is 11.9. The Hall–Kier alpha value is -1.91. The summed E-state index contributed by atoms with van der Waals surface area (Å²) in [5.74, 6) is 0.545. The van der Waals surface area contributed by atoms with Crippen LogP contribution < -0.4 is 0 Å². The molecular weight excluding hydrogens is 256 g/mol. The molecule has 0 aromatic heterocycles. The number of amides is 1. The molecule has 0 spiro atoms. The largest absolute Gasteiger partial charge is 0.336 e. The first-order valence-corrected chi connectivity index (χ1v) is 7.04. The summed E-state index contributed by atoms with van der Waals surface area (Å²) in [5, 5.41) is 10.6. The minimum absolute atomic E-state index is 0.0111. The Bertz CT molecular complexity index is 492. The molecule has 0 N–H and O–H groups in total. The lowest BCUT2D eigenvalue weighted by Crippen LogP contribution is -2.34. The van der Waals surface area contributed by atoms with Crippen molar-refractivity contribution in [1.29, 1.82) is 0 Å². The lowest BCUT2D eigenvalue weighted by Gasteiger charge is -2.23. The van der Waals surface area contributed by atoms with E-state index in [2.05, 4.69) is 13.8 Å². The highest BCUT2D eigenvalue weighted by Gasteiger charge is 2.32. The van der Waals surface area contributed by atoms with Gasteiger partial charge in [0, 0.05) is 30.3 Å². The van der Waals surface area contributed by atoms with Crippen LogP contribution in [0.4, 0.5) is 5.69 Å². The summed E-state index contributed by atoms with van der Waals surface area (Å²) in [6.07, 6.45) is 3.11. The van der Waals surface area contributed by atoms with Crippen LogP contribution in [-0.2, 0) is 0 Å². The molecule has 1 saturated carbocycles. The Morgan fingerprint density at radius 2 is 1.95 bits per heavy atom. The van der Waals surface area contributed by atoms with Crippen LogP contribution in [0, 0.1) is 16.0 Å². The maximum Gasteiger partial charge on any atom is 0.269 e. The highest BCUT2D eigenvalue weighted by Crippen LogP contribution is 2.29. The number of hydrogen-bond donors (Lipinski definition) is 0. The second kappa shape index (κ2) is 6.03. The van der Waals surface area contributed by atoms with Crippen LogP contribution in [0.1, 0.15) is 43.5 Å². The van der Waals surface area contributed by atoms with E-state index in [9.17, 15) is 14.9 Å². The van der Waals surface area contributed by atoms with Crippen molar-refractivity contribution in [2.75, 3.05) is 6.54 Å². The molecule has 1 aliphatic rings. The highest BCUT2D eigenvalue weighted by atomic mass is 16.6. The molecule has 1 amide bonds. The molecule has 5 nitrogen and oxygen atoms in total. The first-order chi connectivity index (χ1) is 9.49. The quantitative estimate of drug-likeness (QED) is 0.592. The third kappa shape index (κ3) is 3.56. The van der Waals surface area contributed by atoms with E-state index in [0.717, 1.165) is 25.8 Å². The van der Waals surface area contributed by atoms with Gasteiger partial charge in [-0.1, -0.05) is 13.8 Å². The first-order valence-electron chi connectivity index (χ1n) is 7.04. The second-order valence-electron chi connectivity index (χ2n) is 5.72. The number of non-ortho nitro benzene ring substituents is 1. The molecule has 1 fully saturated rings. The van der Waals surface area contributed by atoms with Crippen molar-refractivity contribution < 1.29 is 9.72 Å². The molecule has 0 bridgehead atoms. The topological polar surface area (TPSA) is 63.5 Å². The van der Waals surface area contributed by atoms with Crippen LogP contribution >= 0.6 is 0 Å². The molecule has 0 aliphatic heterocycles. The number of benzene rings is 1. The van der Waals surface area contributed by atoms with Gasteiger partial charge < -0.3 is 4.90 Å². The minimum atomic E-state index is -0.453. The fourth-order valence-corrected chi connectivity index (χ4v) is 2.12. The van der Waals surface area contributed by atoms with E-state index in [0.29, 0.717) is 17.5 Å². The van der Waals surface area contributed by atoms with Crippen LogP contribution in [0.25, 0.3) is 0 Å². The van der Waals surface area contributed by atoms with E-state index in [-0.39, 0.29) is 11.6 Å². The number of nitro benzene ring substituents is 1. The Labute approximate surface area is 118 Å². The van der Waals surface area contributed by atoms with Gasteiger partial charge in [0.15, 0.2) is 0 Å². The van der Waals surface area contributed by atoms with E-state index in [1.54, 1.807) is 12.1 Å². The minimum Gasteiger partial charge on any atom is -0.336 e. The first kappa shape index (κ1) is 14.5. The molecule has 0 unspecified atom stereocenters. The third-order valence-electron chi connectivity index (χ3n) is 3.52. The summed E-state index contributed by atoms with van der Waals surface area (Å²) in [5.41, 5.74) is 0.549. The van der Waals surface area contributed by atoms with Crippen molar-refractivity contribution in [1.82, 2.24) is 4.90 Å². The van der Waals surface area contributed by atoms with Gasteiger partial charge in [-0.25, -0.2) is 0 Å². The van der Waals surface area contributed by atoms with Crippen molar-refractivity contribution in [3.05, 3.63) is 39.9 Å². The number of nitro groups is 1. The lowest BCUT2D eigenvalue weighted by molar-refractivity contribution is -0.384. The summed E-state index contributed by atoms with van der Waals surface area (Å²) in [7, 11) is 0. The van der Waals surface area contributed by atoms with Gasteiger partial charge in [-0.3, -0.25) is 14.9 Å². The second-order valence-corrected chi connectivity index (χ2v) is 5.72. The molecule has 0 atom stereocenters. The van der Waals surface area contributed by atoms with Crippen molar-refractivity contribution in [3.63, 3.8) is 0 Å². The van der Waals surface area contributed by atoms with Crippen LogP contribution in [0.3, 0.4) is 0 Å². The van der Waals surface area contributed by atoms with Gasteiger partial charge in [-0.05, 0) is 37.3 Å². The summed E-state index contributed by atoms with van der Waals surface area (Å²) >= 11 is 0. The predicted molar refractivity (Wildman–Crippen MR) is 76.6 cm³/mol. The molecule has 1 aromatic carbocycles. The van der Waals surface area contributed by atoms with Gasteiger partial charge in [0.1, 0.15) is 0 Å². The lowest BCUT2D eigenvalue weighted by atomic mass is 10.1. The number of carbonyl (C=O) groups excluding carboxylic acids is 1. The van der Waals surface area contributed by atoms with E-state index in [4.69, 9.17) is 0 Å². The molecule has 20 heavy (non-hydrogen) atoms. The molecule has 0 radical (unpaired) electrons. The molecule has 1 aliphatic carbocycles. The van der Waals surface area contributed by atoms with E-state index < -0.39 is 4.92 Å². The van der Waals surface area contributed by atoms with Crippen LogP contribution in [0.2, 0.25) is 0 Å². The summed E-state index contributed by atoms with van der Waals surface area (Å²) in [6, 6.07) is 6.23. The summed E-state index contributed by atoms with van der Waals surface area (Å²) in [4.78, 5) is 24.6. The Morgan fingerprint density at radius 1 is 1.35 bits per heavy atom. The molecule has 0 heterocycles. The van der Waals surface area contributed by atoms with Gasteiger partial charge >= 0.3 is 0 Å². The smallest absolute Gasteiger partial charge is 0.269 e. The van der Waals surface area contributed by atoms with Crippen molar-refractivity contribution >= 4 is 11.6 Å². The monoisotopic (exact) mass is 276 g/mol. The highest BCUT2D eigenvalue weighted by molar-refractivity contribution is 5.94. The van der Waals surface area contributed by atoms with Gasteiger partial charge in [0.25, 0.3) is 11.6 Å². The molecular formula is C15H20N2O3. The Kier molecular flexibility index (Phi) is 4.37. The maximum absolute atomic E-state index is 12.5. The summed E-state index contributed by atoms with van der Waals surface area (Å²) in [6.45, 7) is 5.04. The molecule has 5 heteroatoms. The molecule has 1 aromatic rings. The Morgan fingerprint density at radius 3 is 2.40 bits per heavy atom. The van der Waals surface area contributed by atoms with Crippen molar-refractivity contribution in [2.45, 2.75) is 39.2 Å². The average Bonchev–Trinajstić information content (AvgIpc) is 3.23. The number of carbonyl (C=O) groups is 1. The fraction of sp³-hybridized carbons (Fsp3) is 0.533. The predicted octanol–water partition coefficient (Wildman–Crippen LogP) is 3.25. The molecule has 2 rings (SSSR count). The van der Waals surface area contributed by atoms with Gasteiger partial charge in [0.05, 0.1) is 4.92 Å². The van der Waals surface area contributed by atoms with Crippen LogP contribution in [0.15, 0.2) is 24.3 Å². The van der Waals surface area contributed by atoms with Crippen LogP contribution in [0.5, 0.6) is 0 Å². The van der Waals surface area contributed by atoms with Crippen molar-refractivity contribution in [3.8, 4) is 0 Å². The summed E-state index contributed by atoms with van der Waals surface area (Å²) < 4.78 is 0. The molecule has 108 valence electrons. The zero-order chi connectivity index (χ0) is 14.7. The normalized spacial score (nSPS) is 14.3. The van der Waals surface area contributed by atoms with Crippen molar-refractivity contribution in [2.24, 2.45) is 5.92 Å². The van der Waals surface area contributed by atoms with E-state index in [1.807, 2.05) is 4.90 Å². The third-order valence-corrected chi connectivity index (χ3v) is 3.52. The fourth-order valence-electron chi connectivity index (χ4n) is 2.12. The number of hydrogen-bond acceptors (Lipinski definition) is 3. The van der Waals surface area contributed by atoms with Gasteiger partial charge in [-0.2, -0.15) is 0 Å². The SMILES string of the molecule is CC(C)CCN(C(=O)c1ccc([N+](=O)[O-])cc1)C1CC1. The van der Waals surface area contributed by atoms with Crippen LogP contribution in [-0.4, -0.2) is 28.3 Å². The number of nitrogens with zero attached hydrogens (tertiary/aromatic N) is 2. The number of rotatable bonds is 6. The van der Waals surface area contributed by atoms with Gasteiger partial charge in [0.2, 0.25) is 0 Å². The van der Waals surface area contributed by atoms with E-state index >= 15 is 0 Å². The molecule has 0 saturated heterocycles. The average molecular weight is 276 g/mol. The Balaban J connectivity index is 2.08.